The van der Waals surface area contributed by atoms with Crippen LogP contribution in [0.3, 0.4) is 0 Å². The lowest BCUT2D eigenvalue weighted by Gasteiger charge is -2.13. The highest BCUT2D eigenvalue weighted by molar-refractivity contribution is 5.75. The molecule has 0 saturated heterocycles. The zero-order chi connectivity index (χ0) is 9.56. The van der Waals surface area contributed by atoms with Crippen LogP contribution in [-0.4, -0.2) is 25.3 Å². The van der Waals surface area contributed by atoms with Crippen LogP contribution in [0.5, 0.6) is 0 Å². The molecule has 0 fully saturated rings. The first-order valence-corrected chi connectivity index (χ1v) is 3.50. The number of nitrogens with two attached hydrogens (primary N) is 1. The van der Waals surface area contributed by atoms with Crippen LogP contribution in [-0.2, 0) is 19.1 Å². The van der Waals surface area contributed by atoms with Gasteiger partial charge in [0.25, 0.3) is 0 Å². The summed E-state index contributed by atoms with van der Waals surface area (Å²) in [6.07, 6.45) is 0. The molecule has 69 valence electrons. The minimum Gasteiger partial charge on any atom is -0.427 e. The molecule has 1 atom stereocenters. The first-order chi connectivity index (χ1) is 5.59. The molecule has 1 radical (unpaired) electrons. The van der Waals surface area contributed by atoms with Gasteiger partial charge in [0.05, 0.1) is 0 Å². The van der Waals surface area contributed by atoms with E-state index >= 15 is 0 Å². The summed E-state index contributed by atoms with van der Waals surface area (Å²) in [5.41, 5.74) is 5.41. The lowest BCUT2D eigenvalue weighted by atomic mass is 10.1. The Kier molecular flexibility index (Phi) is 5.03. The van der Waals surface area contributed by atoms with Crippen LogP contribution in [0.25, 0.3) is 0 Å². The Morgan fingerprint density at radius 3 is 2.58 bits per heavy atom. The van der Waals surface area contributed by atoms with Gasteiger partial charge in [0.1, 0.15) is 6.04 Å². The minimum absolute atomic E-state index is 0.00212. The number of hydrogen-bond donors (Lipinski definition) is 1. The second kappa shape index (κ2) is 5.54. The molecule has 5 heteroatoms. The molecule has 2 N–H and O–H groups in total. The topological polar surface area (TPSA) is 78.6 Å². The SMILES string of the molecule is CC(C)[C@H](N)C(=O)OCO[C]=O. The maximum atomic E-state index is 10.9. The summed E-state index contributed by atoms with van der Waals surface area (Å²) in [4.78, 5) is 20.4. The van der Waals surface area contributed by atoms with Crippen LogP contribution in [0, 0.1) is 5.92 Å². The molecule has 0 aliphatic heterocycles. The third-order valence-electron chi connectivity index (χ3n) is 1.31. The highest BCUT2D eigenvalue weighted by Crippen LogP contribution is 1.99. The van der Waals surface area contributed by atoms with Crippen molar-refractivity contribution >= 4 is 12.4 Å². The van der Waals surface area contributed by atoms with Crippen molar-refractivity contribution in [2.75, 3.05) is 6.79 Å². The monoisotopic (exact) mass is 174 g/mol. The molecular weight excluding hydrogens is 162 g/mol. The second-order valence-corrected chi connectivity index (χ2v) is 2.58. The minimum atomic E-state index is -0.680. The summed E-state index contributed by atoms with van der Waals surface area (Å²) >= 11 is 0. The van der Waals surface area contributed by atoms with E-state index < -0.39 is 18.8 Å². The number of ether oxygens (including phenoxy) is 2. The van der Waals surface area contributed by atoms with Crippen molar-refractivity contribution in [2.45, 2.75) is 19.9 Å². The maximum Gasteiger partial charge on any atom is 0.420 e. The van der Waals surface area contributed by atoms with Crippen LogP contribution < -0.4 is 5.73 Å². The van der Waals surface area contributed by atoms with E-state index in [9.17, 15) is 9.59 Å². The van der Waals surface area contributed by atoms with Crippen LogP contribution in [0.15, 0.2) is 0 Å². The predicted octanol–water partition coefficient (Wildman–Crippen LogP) is -0.446. The molecule has 0 aromatic rings. The van der Waals surface area contributed by atoms with Gasteiger partial charge in [0.2, 0.25) is 6.79 Å². The van der Waals surface area contributed by atoms with Gasteiger partial charge in [-0.3, -0.25) is 4.79 Å². The summed E-state index contributed by atoms with van der Waals surface area (Å²) in [6.45, 7) is 4.28. The van der Waals surface area contributed by atoms with E-state index in [-0.39, 0.29) is 5.92 Å². The smallest absolute Gasteiger partial charge is 0.420 e. The average Bonchev–Trinajstić information content (AvgIpc) is 2.03. The van der Waals surface area contributed by atoms with E-state index in [0.717, 1.165) is 6.47 Å². The van der Waals surface area contributed by atoms with Gasteiger partial charge >= 0.3 is 12.4 Å². The summed E-state index contributed by atoms with van der Waals surface area (Å²) in [5, 5.41) is 0. The Morgan fingerprint density at radius 1 is 1.58 bits per heavy atom. The molecule has 5 nitrogen and oxygen atoms in total. The molecule has 12 heavy (non-hydrogen) atoms. The average molecular weight is 174 g/mol. The van der Waals surface area contributed by atoms with Gasteiger partial charge in [-0.15, -0.1) is 0 Å². The van der Waals surface area contributed by atoms with Gasteiger partial charge in [-0.2, -0.15) is 0 Å². The van der Waals surface area contributed by atoms with E-state index in [0.29, 0.717) is 0 Å². The van der Waals surface area contributed by atoms with E-state index in [1.54, 1.807) is 13.8 Å². The molecule has 0 aliphatic carbocycles. The van der Waals surface area contributed by atoms with Crippen molar-refractivity contribution in [1.82, 2.24) is 0 Å². The standard InChI is InChI=1S/C7H12NO4/c1-5(2)6(8)7(10)12-4-11-3-9/h5-6H,4,8H2,1-2H3/t6-/m0/s1. The highest BCUT2D eigenvalue weighted by atomic mass is 16.7. The molecule has 0 spiro atoms. The van der Waals surface area contributed by atoms with Gasteiger partial charge in [0.15, 0.2) is 0 Å². The Hall–Kier alpha value is -1.10. The molecule has 0 heterocycles. The lowest BCUT2D eigenvalue weighted by Crippen LogP contribution is -2.37. The fourth-order valence-electron chi connectivity index (χ4n) is 0.480. The van der Waals surface area contributed by atoms with Crippen LogP contribution in [0.1, 0.15) is 13.8 Å². The van der Waals surface area contributed by atoms with Gasteiger partial charge in [0, 0.05) is 0 Å². The first kappa shape index (κ1) is 10.9. The molecule has 0 aromatic carbocycles. The van der Waals surface area contributed by atoms with Crippen molar-refractivity contribution in [3.8, 4) is 0 Å². The quantitative estimate of drug-likeness (QED) is 0.347. The van der Waals surface area contributed by atoms with Gasteiger partial charge in [-0.05, 0) is 5.92 Å². The van der Waals surface area contributed by atoms with Crippen LogP contribution >= 0.6 is 0 Å². The fourth-order valence-corrected chi connectivity index (χ4v) is 0.480. The molecule has 0 rings (SSSR count). The Bertz CT molecular complexity index is 157. The van der Waals surface area contributed by atoms with E-state index in [1.165, 1.54) is 0 Å². The van der Waals surface area contributed by atoms with E-state index in [2.05, 4.69) is 9.47 Å². The van der Waals surface area contributed by atoms with Crippen LogP contribution in [0.4, 0.5) is 0 Å². The molecule has 0 unspecified atom stereocenters. The fraction of sp³-hybridized carbons (Fsp3) is 0.714. The summed E-state index contributed by atoms with van der Waals surface area (Å²) < 4.78 is 8.49. The van der Waals surface area contributed by atoms with E-state index in [1.807, 2.05) is 0 Å². The summed E-state index contributed by atoms with van der Waals surface area (Å²) in [7, 11) is 0. The largest absolute Gasteiger partial charge is 0.427 e. The Balaban J connectivity index is 3.64. The third-order valence-corrected chi connectivity index (χ3v) is 1.31. The van der Waals surface area contributed by atoms with Crippen molar-refractivity contribution in [1.29, 1.82) is 0 Å². The van der Waals surface area contributed by atoms with Crippen molar-refractivity contribution in [2.24, 2.45) is 11.7 Å². The summed E-state index contributed by atoms with van der Waals surface area (Å²) in [5.74, 6) is -0.585. The van der Waals surface area contributed by atoms with Gasteiger partial charge in [-0.1, -0.05) is 13.8 Å². The van der Waals surface area contributed by atoms with Gasteiger partial charge < -0.3 is 15.2 Å². The second-order valence-electron chi connectivity index (χ2n) is 2.58. The third kappa shape index (κ3) is 3.92. The number of rotatable bonds is 5. The lowest BCUT2D eigenvalue weighted by molar-refractivity contribution is -0.153. The first-order valence-electron chi connectivity index (χ1n) is 3.50. The molecule has 0 bridgehead atoms. The van der Waals surface area contributed by atoms with Crippen molar-refractivity contribution in [3.05, 3.63) is 0 Å². The predicted molar refractivity (Wildman–Crippen MR) is 40.6 cm³/mol. The number of hydrogen-bond acceptors (Lipinski definition) is 5. The number of esters is 1. The zero-order valence-corrected chi connectivity index (χ0v) is 7.07. The molecule has 0 aromatic heterocycles. The molecule has 0 aliphatic rings. The highest BCUT2D eigenvalue weighted by Gasteiger charge is 2.18. The number of carbonyl (C=O) groups excluding carboxylic acids is 2. The molecule has 0 saturated carbocycles. The summed E-state index contributed by atoms with van der Waals surface area (Å²) in [6, 6.07) is -0.680. The maximum absolute atomic E-state index is 10.9. The normalized spacial score (nSPS) is 12.3. The van der Waals surface area contributed by atoms with Crippen LogP contribution in [0.2, 0.25) is 0 Å². The number of carbonyl (C=O) groups is 1. The van der Waals surface area contributed by atoms with E-state index in [4.69, 9.17) is 5.73 Å². The molecule has 0 amide bonds. The Labute approximate surface area is 70.8 Å². The van der Waals surface area contributed by atoms with Gasteiger partial charge in [-0.25, -0.2) is 4.79 Å². The van der Waals surface area contributed by atoms with Crippen molar-refractivity contribution < 1.29 is 19.1 Å². The zero-order valence-electron chi connectivity index (χ0n) is 7.07. The Morgan fingerprint density at radius 2 is 2.17 bits per heavy atom. The van der Waals surface area contributed by atoms with Crippen molar-refractivity contribution in [3.63, 3.8) is 0 Å². The molecular formula is C7H12NO4.